The van der Waals surface area contributed by atoms with E-state index in [0.717, 1.165) is 42.2 Å². The molecule has 0 fully saturated rings. The molecule has 0 unspecified atom stereocenters. The van der Waals surface area contributed by atoms with Crippen molar-refractivity contribution in [2.75, 3.05) is 5.43 Å². The minimum absolute atomic E-state index is 0.785. The lowest BCUT2D eigenvalue weighted by Crippen LogP contribution is -2.12. The van der Waals surface area contributed by atoms with Gasteiger partial charge in [-0.25, -0.2) is 15.8 Å². The molecule has 0 aliphatic heterocycles. The van der Waals surface area contributed by atoms with E-state index in [0.29, 0.717) is 0 Å². The smallest absolute Gasteiger partial charge is 0.162 e. The first-order valence-electron chi connectivity index (χ1n) is 5.69. The molecule has 1 aliphatic rings. The molecule has 2 aromatic rings. The standard InChI is InChI=1S/C12H14N4S/c1-7-5-17-6-9(7)11-14-10-4-2-3-8(10)12(15-11)16-13/h5-6H,2-4,13H2,1H3,(H,14,15,16). The molecule has 0 amide bonds. The predicted octanol–water partition coefficient (Wildman–Crippen LogP) is 2.29. The Morgan fingerprint density at radius 2 is 2.18 bits per heavy atom. The van der Waals surface area contributed by atoms with Gasteiger partial charge in [-0.05, 0) is 37.1 Å². The zero-order valence-corrected chi connectivity index (χ0v) is 10.5. The summed E-state index contributed by atoms with van der Waals surface area (Å²) in [5.74, 6) is 7.12. The predicted molar refractivity (Wildman–Crippen MR) is 69.9 cm³/mol. The molecule has 0 radical (unpaired) electrons. The Kier molecular flexibility index (Phi) is 2.57. The van der Waals surface area contributed by atoms with Crippen molar-refractivity contribution in [1.29, 1.82) is 0 Å². The van der Waals surface area contributed by atoms with Crippen LogP contribution in [0.4, 0.5) is 5.82 Å². The van der Waals surface area contributed by atoms with Crippen molar-refractivity contribution in [1.82, 2.24) is 9.97 Å². The molecule has 4 nitrogen and oxygen atoms in total. The number of aromatic nitrogens is 2. The second-order valence-electron chi connectivity index (χ2n) is 4.29. The maximum Gasteiger partial charge on any atom is 0.162 e. The van der Waals surface area contributed by atoms with E-state index in [4.69, 9.17) is 5.84 Å². The molecular weight excluding hydrogens is 232 g/mol. The quantitative estimate of drug-likeness (QED) is 0.630. The number of aryl methyl sites for hydroxylation is 2. The summed E-state index contributed by atoms with van der Waals surface area (Å²) < 4.78 is 0. The van der Waals surface area contributed by atoms with Crippen LogP contribution in [0.5, 0.6) is 0 Å². The highest BCUT2D eigenvalue weighted by molar-refractivity contribution is 7.08. The Labute approximate surface area is 104 Å². The highest BCUT2D eigenvalue weighted by Crippen LogP contribution is 2.30. The molecule has 0 saturated carbocycles. The molecule has 17 heavy (non-hydrogen) atoms. The van der Waals surface area contributed by atoms with Crippen LogP contribution >= 0.6 is 11.3 Å². The molecule has 2 aromatic heterocycles. The second-order valence-corrected chi connectivity index (χ2v) is 5.03. The molecule has 3 N–H and O–H groups in total. The summed E-state index contributed by atoms with van der Waals surface area (Å²) in [7, 11) is 0. The Hall–Kier alpha value is -1.46. The maximum absolute atomic E-state index is 5.55. The van der Waals surface area contributed by atoms with Gasteiger partial charge in [0.15, 0.2) is 5.82 Å². The van der Waals surface area contributed by atoms with Crippen LogP contribution in [0.2, 0.25) is 0 Å². The Balaban J connectivity index is 2.16. The first-order chi connectivity index (χ1) is 8.29. The third kappa shape index (κ3) is 1.71. The molecule has 1 aliphatic carbocycles. The first-order valence-corrected chi connectivity index (χ1v) is 6.63. The van der Waals surface area contributed by atoms with Crippen LogP contribution in [0.1, 0.15) is 23.2 Å². The summed E-state index contributed by atoms with van der Waals surface area (Å²) >= 11 is 1.68. The molecule has 0 spiro atoms. The van der Waals surface area contributed by atoms with Gasteiger partial charge in [-0.15, -0.1) is 0 Å². The van der Waals surface area contributed by atoms with E-state index in [2.05, 4.69) is 33.1 Å². The van der Waals surface area contributed by atoms with Gasteiger partial charge in [-0.2, -0.15) is 11.3 Å². The van der Waals surface area contributed by atoms with Gasteiger partial charge in [0.05, 0.1) is 0 Å². The summed E-state index contributed by atoms with van der Waals surface area (Å²) in [4.78, 5) is 9.19. The summed E-state index contributed by atoms with van der Waals surface area (Å²) in [6.07, 6.45) is 3.20. The van der Waals surface area contributed by atoms with E-state index in [1.54, 1.807) is 11.3 Å². The number of fused-ring (bicyclic) bond motifs is 1. The number of anilines is 1. The summed E-state index contributed by atoms with van der Waals surface area (Å²) in [5, 5.41) is 4.20. The summed E-state index contributed by atoms with van der Waals surface area (Å²) in [5.41, 5.74) is 7.36. The van der Waals surface area contributed by atoms with Crippen LogP contribution in [-0.4, -0.2) is 9.97 Å². The van der Waals surface area contributed by atoms with Crippen molar-refractivity contribution in [3.05, 3.63) is 27.6 Å². The third-order valence-corrected chi connectivity index (χ3v) is 4.03. The topological polar surface area (TPSA) is 63.8 Å². The number of hydrogen-bond acceptors (Lipinski definition) is 5. The largest absolute Gasteiger partial charge is 0.308 e. The SMILES string of the molecule is Cc1cscc1-c1nc2c(c(NN)n1)CCC2. The molecule has 5 heteroatoms. The highest BCUT2D eigenvalue weighted by atomic mass is 32.1. The third-order valence-electron chi connectivity index (χ3n) is 3.17. The lowest BCUT2D eigenvalue weighted by molar-refractivity contribution is 0.900. The maximum atomic E-state index is 5.55. The van der Waals surface area contributed by atoms with Crippen LogP contribution in [0.25, 0.3) is 11.4 Å². The number of rotatable bonds is 2. The van der Waals surface area contributed by atoms with Crippen LogP contribution in [0.3, 0.4) is 0 Å². The lowest BCUT2D eigenvalue weighted by Gasteiger charge is -2.09. The molecule has 0 bridgehead atoms. The van der Waals surface area contributed by atoms with Gasteiger partial charge < -0.3 is 5.43 Å². The van der Waals surface area contributed by atoms with Crippen molar-refractivity contribution in [3.8, 4) is 11.4 Å². The number of thiophene rings is 1. The number of nitrogens with two attached hydrogens (primary N) is 1. The number of nitrogen functional groups attached to an aromatic ring is 1. The first kappa shape index (κ1) is 10.7. The molecule has 2 heterocycles. The second kappa shape index (κ2) is 4.09. The highest BCUT2D eigenvalue weighted by Gasteiger charge is 2.20. The van der Waals surface area contributed by atoms with Gasteiger partial charge in [0.25, 0.3) is 0 Å². The van der Waals surface area contributed by atoms with Gasteiger partial charge in [-0.1, -0.05) is 0 Å². The van der Waals surface area contributed by atoms with E-state index in [9.17, 15) is 0 Å². The Morgan fingerprint density at radius 3 is 2.88 bits per heavy atom. The van der Waals surface area contributed by atoms with E-state index in [1.165, 1.54) is 11.1 Å². The van der Waals surface area contributed by atoms with Crippen LogP contribution in [-0.2, 0) is 12.8 Å². The van der Waals surface area contributed by atoms with Crippen LogP contribution < -0.4 is 11.3 Å². The molecule has 88 valence electrons. The van der Waals surface area contributed by atoms with Crippen molar-refractivity contribution in [3.63, 3.8) is 0 Å². The van der Waals surface area contributed by atoms with Crippen molar-refractivity contribution in [2.45, 2.75) is 26.2 Å². The number of hydrazine groups is 1. The van der Waals surface area contributed by atoms with Gasteiger partial charge >= 0.3 is 0 Å². The van der Waals surface area contributed by atoms with Crippen LogP contribution in [0.15, 0.2) is 10.8 Å². The van der Waals surface area contributed by atoms with E-state index in [-0.39, 0.29) is 0 Å². The molecular formula is C12H14N4S. The van der Waals surface area contributed by atoms with Gasteiger partial charge in [0, 0.05) is 22.2 Å². The number of nitrogens with zero attached hydrogens (tertiary/aromatic N) is 2. The van der Waals surface area contributed by atoms with Gasteiger partial charge in [0.1, 0.15) is 5.82 Å². The van der Waals surface area contributed by atoms with Crippen molar-refractivity contribution in [2.24, 2.45) is 5.84 Å². The summed E-state index contributed by atoms with van der Waals surface area (Å²) in [6.45, 7) is 2.08. The van der Waals surface area contributed by atoms with E-state index in [1.807, 2.05) is 0 Å². The normalized spacial score (nSPS) is 13.8. The zero-order valence-electron chi connectivity index (χ0n) is 9.66. The molecule has 0 atom stereocenters. The number of hydrogen-bond donors (Lipinski definition) is 2. The fraction of sp³-hybridized carbons (Fsp3) is 0.333. The lowest BCUT2D eigenvalue weighted by atomic mass is 10.2. The minimum Gasteiger partial charge on any atom is -0.308 e. The molecule has 3 rings (SSSR count). The molecule has 0 aromatic carbocycles. The molecule has 0 saturated heterocycles. The van der Waals surface area contributed by atoms with Gasteiger partial charge in [0.2, 0.25) is 0 Å². The minimum atomic E-state index is 0.785. The van der Waals surface area contributed by atoms with Crippen molar-refractivity contribution >= 4 is 17.2 Å². The zero-order chi connectivity index (χ0) is 11.8. The Morgan fingerprint density at radius 1 is 1.29 bits per heavy atom. The monoisotopic (exact) mass is 246 g/mol. The van der Waals surface area contributed by atoms with E-state index >= 15 is 0 Å². The summed E-state index contributed by atoms with van der Waals surface area (Å²) in [6, 6.07) is 0. The average Bonchev–Trinajstić information content (AvgIpc) is 2.95. The fourth-order valence-corrected chi connectivity index (χ4v) is 3.09. The number of nitrogens with one attached hydrogen (secondary N) is 1. The van der Waals surface area contributed by atoms with Gasteiger partial charge in [-0.3, -0.25) is 0 Å². The van der Waals surface area contributed by atoms with Crippen LogP contribution in [0, 0.1) is 6.92 Å². The van der Waals surface area contributed by atoms with E-state index < -0.39 is 0 Å². The Bertz CT molecular complexity index is 562. The fourth-order valence-electron chi connectivity index (χ4n) is 2.26. The van der Waals surface area contributed by atoms with Crippen molar-refractivity contribution < 1.29 is 0 Å². The average molecular weight is 246 g/mol.